The van der Waals surface area contributed by atoms with Crippen LogP contribution in [0.4, 0.5) is 53.0 Å². The Bertz CT molecular complexity index is 1200. The molecule has 190 valence electrons. The molecule has 0 saturated heterocycles. The molecule has 4 amide bonds. The van der Waals surface area contributed by atoms with E-state index in [-0.39, 0.29) is 18.8 Å². The molecule has 3 aromatic carbocycles. The lowest BCUT2D eigenvalue weighted by Gasteiger charge is -2.24. The van der Waals surface area contributed by atoms with Crippen LogP contribution in [0.15, 0.2) is 78.9 Å². The van der Waals surface area contributed by atoms with Crippen molar-refractivity contribution in [2.75, 3.05) is 28.6 Å². The topological polar surface area (TPSA) is 73.5 Å². The maximum absolute atomic E-state index is 13.1. The van der Waals surface area contributed by atoms with Gasteiger partial charge in [0.25, 0.3) is 0 Å². The highest BCUT2D eigenvalue weighted by Crippen LogP contribution is 2.34. The summed E-state index contributed by atoms with van der Waals surface area (Å²) in [5, 5.41) is 6.88. The van der Waals surface area contributed by atoms with Gasteiger partial charge in [0.1, 0.15) is 0 Å². The fraction of sp³-hybridized carbons (Fsp3) is 0.167. The molecule has 0 aliphatic rings. The Morgan fingerprint density at radius 1 is 0.750 bits per heavy atom. The third-order valence-corrected chi connectivity index (χ3v) is 4.86. The van der Waals surface area contributed by atoms with E-state index >= 15 is 0 Å². The maximum Gasteiger partial charge on any atom is 0.418 e. The van der Waals surface area contributed by atoms with Crippen molar-refractivity contribution in [3.63, 3.8) is 0 Å². The van der Waals surface area contributed by atoms with Crippen LogP contribution in [-0.2, 0) is 12.4 Å². The van der Waals surface area contributed by atoms with Gasteiger partial charge in [-0.05, 0) is 42.5 Å². The molecule has 3 N–H and O–H groups in total. The fourth-order valence-electron chi connectivity index (χ4n) is 3.21. The zero-order valence-corrected chi connectivity index (χ0v) is 18.5. The smallest absolute Gasteiger partial charge is 0.336 e. The van der Waals surface area contributed by atoms with Gasteiger partial charge in [0.05, 0.1) is 16.8 Å². The van der Waals surface area contributed by atoms with Gasteiger partial charge in [0.2, 0.25) is 0 Å². The lowest BCUT2D eigenvalue weighted by Crippen LogP contribution is -2.42. The van der Waals surface area contributed by atoms with Crippen molar-refractivity contribution in [1.29, 1.82) is 0 Å². The van der Waals surface area contributed by atoms with E-state index in [0.29, 0.717) is 5.69 Å². The Morgan fingerprint density at radius 3 is 2.08 bits per heavy atom. The molecule has 0 heterocycles. The number of para-hydroxylation sites is 2. The zero-order chi connectivity index (χ0) is 26.3. The summed E-state index contributed by atoms with van der Waals surface area (Å²) in [5.74, 6) is 0. The second-order valence-corrected chi connectivity index (χ2v) is 7.42. The first-order valence-corrected chi connectivity index (χ1v) is 10.5. The minimum atomic E-state index is -4.67. The molecule has 36 heavy (non-hydrogen) atoms. The number of carbonyl (C=O) groups is 2. The van der Waals surface area contributed by atoms with E-state index in [1.807, 2.05) is 0 Å². The number of hydrogen-bond acceptors (Lipinski definition) is 2. The summed E-state index contributed by atoms with van der Waals surface area (Å²) in [6.07, 6.45) is -9.27. The van der Waals surface area contributed by atoms with E-state index in [1.165, 1.54) is 23.1 Å². The number of benzene rings is 3. The summed E-state index contributed by atoms with van der Waals surface area (Å²) in [6, 6.07) is 14.9. The first-order chi connectivity index (χ1) is 16.9. The van der Waals surface area contributed by atoms with Crippen LogP contribution in [0.5, 0.6) is 0 Å². The summed E-state index contributed by atoms with van der Waals surface area (Å²) in [7, 11) is 0. The zero-order valence-electron chi connectivity index (χ0n) is 18.5. The molecule has 0 saturated carbocycles. The van der Waals surface area contributed by atoms with E-state index in [1.54, 1.807) is 30.3 Å². The molecule has 0 spiro atoms. The van der Waals surface area contributed by atoms with Crippen LogP contribution in [0.2, 0.25) is 0 Å². The number of anilines is 3. The van der Waals surface area contributed by atoms with Crippen molar-refractivity contribution in [3.05, 3.63) is 90.0 Å². The van der Waals surface area contributed by atoms with Crippen molar-refractivity contribution in [2.45, 2.75) is 12.4 Å². The Balaban J connectivity index is 1.67. The van der Waals surface area contributed by atoms with Crippen LogP contribution in [0.3, 0.4) is 0 Å². The number of carbonyl (C=O) groups excluding carboxylic acids is 2. The molecule has 6 nitrogen and oxygen atoms in total. The number of rotatable bonds is 6. The van der Waals surface area contributed by atoms with Gasteiger partial charge in [-0.25, -0.2) is 9.59 Å². The molecule has 3 rings (SSSR count). The fourth-order valence-corrected chi connectivity index (χ4v) is 3.21. The molecule has 12 heteroatoms. The van der Waals surface area contributed by atoms with Gasteiger partial charge >= 0.3 is 24.4 Å². The van der Waals surface area contributed by atoms with Gasteiger partial charge in [-0.15, -0.1) is 0 Å². The predicted molar refractivity (Wildman–Crippen MR) is 123 cm³/mol. The second kappa shape index (κ2) is 11.0. The maximum atomic E-state index is 13.1. The molecular formula is C24H20F6N4O2. The van der Waals surface area contributed by atoms with Crippen molar-refractivity contribution in [1.82, 2.24) is 5.32 Å². The van der Waals surface area contributed by atoms with Crippen LogP contribution in [-0.4, -0.2) is 25.2 Å². The lowest BCUT2D eigenvalue weighted by molar-refractivity contribution is -0.138. The van der Waals surface area contributed by atoms with Gasteiger partial charge in [0.15, 0.2) is 0 Å². The highest BCUT2D eigenvalue weighted by molar-refractivity contribution is 6.01. The highest BCUT2D eigenvalue weighted by atomic mass is 19.4. The van der Waals surface area contributed by atoms with Crippen molar-refractivity contribution in [3.8, 4) is 0 Å². The molecule has 0 unspecified atom stereocenters. The number of amides is 4. The number of urea groups is 2. The molecule has 0 aliphatic carbocycles. The number of halogens is 6. The van der Waals surface area contributed by atoms with E-state index in [2.05, 4.69) is 16.0 Å². The SMILES string of the molecule is O=C(NCCN(C(=O)Nc1cccc(C(F)(F)F)c1)c1ccccc1)Nc1ccccc1C(F)(F)F. The number of nitrogens with zero attached hydrogens (tertiary/aromatic N) is 1. The molecule has 0 fully saturated rings. The van der Waals surface area contributed by atoms with Gasteiger partial charge in [0, 0.05) is 24.5 Å². The molecule has 0 radical (unpaired) electrons. The first-order valence-electron chi connectivity index (χ1n) is 10.5. The summed E-state index contributed by atoms with van der Waals surface area (Å²) in [4.78, 5) is 26.2. The minimum absolute atomic E-state index is 0.0924. The van der Waals surface area contributed by atoms with E-state index in [0.717, 1.165) is 30.3 Å². The summed E-state index contributed by atoms with van der Waals surface area (Å²) in [6.45, 7) is -0.311. The number of hydrogen-bond donors (Lipinski definition) is 3. The Morgan fingerprint density at radius 2 is 1.42 bits per heavy atom. The molecule has 0 aromatic heterocycles. The predicted octanol–water partition coefficient (Wildman–Crippen LogP) is 6.58. The van der Waals surface area contributed by atoms with Gasteiger partial charge < -0.3 is 16.0 Å². The molecular weight excluding hydrogens is 490 g/mol. The van der Waals surface area contributed by atoms with Gasteiger partial charge in [-0.2, -0.15) is 26.3 Å². The molecule has 0 bridgehead atoms. The molecule has 3 aromatic rings. The van der Waals surface area contributed by atoms with Gasteiger partial charge in [-0.3, -0.25) is 4.90 Å². The summed E-state index contributed by atoms with van der Waals surface area (Å²) in [5.41, 5.74) is -2.11. The molecule has 0 aliphatic heterocycles. The Kier molecular flexibility index (Phi) is 8.07. The third kappa shape index (κ3) is 7.14. The quantitative estimate of drug-likeness (QED) is 0.328. The highest BCUT2D eigenvalue weighted by Gasteiger charge is 2.33. The number of nitrogens with one attached hydrogen (secondary N) is 3. The Labute approximate surface area is 201 Å². The third-order valence-electron chi connectivity index (χ3n) is 4.86. The second-order valence-electron chi connectivity index (χ2n) is 7.42. The first kappa shape index (κ1) is 26.4. The average molecular weight is 510 g/mol. The Hall–Kier alpha value is -4.22. The normalized spacial score (nSPS) is 11.5. The van der Waals surface area contributed by atoms with Crippen LogP contribution >= 0.6 is 0 Å². The van der Waals surface area contributed by atoms with Crippen LogP contribution < -0.4 is 20.9 Å². The number of alkyl halides is 6. The summed E-state index contributed by atoms with van der Waals surface area (Å²) < 4.78 is 78.3. The van der Waals surface area contributed by atoms with E-state index in [4.69, 9.17) is 0 Å². The van der Waals surface area contributed by atoms with Gasteiger partial charge in [-0.1, -0.05) is 36.4 Å². The standard InChI is InChI=1S/C24H20F6N4O2/c25-23(26,27)16-7-6-8-17(15-16)32-22(36)34(18-9-2-1-3-10-18)14-13-31-21(35)33-20-12-5-4-11-19(20)24(28,29)30/h1-12,15H,13-14H2,(H,32,36)(H2,31,33,35). The van der Waals surface area contributed by atoms with E-state index < -0.39 is 41.2 Å². The van der Waals surface area contributed by atoms with Crippen LogP contribution in [0.25, 0.3) is 0 Å². The van der Waals surface area contributed by atoms with E-state index in [9.17, 15) is 35.9 Å². The van der Waals surface area contributed by atoms with Crippen LogP contribution in [0.1, 0.15) is 11.1 Å². The average Bonchev–Trinajstić information content (AvgIpc) is 2.81. The largest absolute Gasteiger partial charge is 0.418 e. The minimum Gasteiger partial charge on any atom is -0.336 e. The monoisotopic (exact) mass is 510 g/mol. The van der Waals surface area contributed by atoms with Crippen LogP contribution in [0, 0.1) is 0 Å². The van der Waals surface area contributed by atoms with Crippen molar-refractivity contribution >= 4 is 29.1 Å². The van der Waals surface area contributed by atoms with Crippen molar-refractivity contribution < 1.29 is 35.9 Å². The summed E-state index contributed by atoms with van der Waals surface area (Å²) >= 11 is 0. The van der Waals surface area contributed by atoms with Crippen molar-refractivity contribution in [2.24, 2.45) is 0 Å². The lowest BCUT2D eigenvalue weighted by atomic mass is 10.1. The molecule has 0 atom stereocenters.